The first kappa shape index (κ1) is 18.7. The minimum atomic E-state index is -3.47. The van der Waals surface area contributed by atoms with Gasteiger partial charge in [0.05, 0.1) is 6.61 Å². The van der Waals surface area contributed by atoms with Crippen LogP contribution in [0, 0.1) is 5.82 Å². The van der Waals surface area contributed by atoms with Crippen molar-refractivity contribution in [1.29, 1.82) is 0 Å². The van der Waals surface area contributed by atoms with E-state index in [1.807, 2.05) is 0 Å². The number of hydrogen-bond donors (Lipinski definition) is 1. The Labute approximate surface area is 154 Å². The average Bonchev–Trinajstić information content (AvgIpc) is 2.66. The van der Waals surface area contributed by atoms with Crippen molar-refractivity contribution in [3.05, 3.63) is 48.3 Å². The maximum Gasteiger partial charge on any atom is 0.302 e. The van der Waals surface area contributed by atoms with E-state index in [1.165, 1.54) is 51.6 Å². The van der Waals surface area contributed by atoms with Crippen molar-refractivity contribution in [1.82, 2.24) is 15.3 Å². The molecule has 3 rings (SSSR count). The Hall–Kier alpha value is -2.06. The minimum Gasteiger partial charge on any atom is -0.363 e. The Morgan fingerprint density at radius 1 is 1.12 bits per heavy atom. The summed E-state index contributed by atoms with van der Waals surface area (Å²) in [5.74, 6) is -4.23. The summed E-state index contributed by atoms with van der Waals surface area (Å²) in [5, 5.41) is 2.62. The van der Waals surface area contributed by atoms with E-state index in [9.17, 15) is 4.39 Å². The first-order valence-corrected chi connectivity index (χ1v) is 8.37. The van der Waals surface area contributed by atoms with Crippen LogP contribution in [-0.4, -0.2) is 33.1 Å². The van der Waals surface area contributed by atoms with E-state index < -0.39 is 22.9 Å². The van der Waals surface area contributed by atoms with Crippen molar-refractivity contribution in [2.24, 2.45) is 0 Å². The molecule has 0 radical (unpaired) electrons. The summed E-state index contributed by atoms with van der Waals surface area (Å²) in [6, 6.07) is 4.02. The van der Waals surface area contributed by atoms with Gasteiger partial charge in [-0.15, -0.1) is 0 Å². The lowest BCUT2D eigenvalue weighted by molar-refractivity contribution is -0.216. The molecule has 1 aliphatic rings. The van der Waals surface area contributed by atoms with Crippen LogP contribution >= 0.6 is 12.2 Å². The zero-order valence-corrected chi connectivity index (χ0v) is 15.3. The number of benzene rings is 1. The Balaban J connectivity index is 2.21. The first-order valence-electron chi connectivity index (χ1n) is 7.97. The number of ether oxygens (including phenoxy) is 1. The molecule has 1 N–H and O–H groups in total. The molecular formula is C18H18F3N3OS. The summed E-state index contributed by atoms with van der Waals surface area (Å²) in [6.45, 7) is 3.61. The monoisotopic (exact) mass is 381 g/mol. The number of halogens is 3. The molecule has 4 nitrogen and oxygen atoms in total. The molecule has 1 aromatic heterocycles. The third-order valence-corrected chi connectivity index (χ3v) is 4.96. The highest BCUT2D eigenvalue weighted by atomic mass is 32.1. The Morgan fingerprint density at radius 3 is 2.42 bits per heavy atom. The molecule has 1 fully saturated rings. The van der Waals surface area contributed by atoms with Crippen molar-refractivity contribution >= 4 is 17.2 Å². The molecule has 1 aliphatic heterocycles. The molecule has 0 amide bonds. The molecule has 1 atom stereocenters. The Morgan fingerprint density at radius 2 is 1.77 bits per heavy atom. The van der Waals surface area contributed by atoms with Gasteiger partial charge in [0.1, 0.15) is 28.3 Å². The van der Waals surface area contributed by atoms with E-state index in [2.05, 4.69) is 15.3 Å². The summed E-state index contributed by atoms with van der Waals surface area (Å²) < 4.78 is 50.8. The first-order chi connectivity index (χ1) is 12.1. The second-order valence-electron chi connectivity index (χ2n) is 6.87. The third-order valence-electron chi connectivity index (χ3n) is 4.74. The van der Waals surface area contributed by atoms with Gasteiger partial charge in [0.2, 0.25) is 0 Å². The van der Waals surface area contributed by atoms with E-state index >= 15 is 8.78 Å². The summed E-state index contributed by atoms with van der Waals surface area (Å²) in [6.07, 6.45) is 4.42. The van der Waals surface area contributed by atoms with Gasteiger partial charge in [0, 0.05) is 23.5 Å². The zero-order valence-electron chi connectivity index (χ0n) is 14.5. The van der Waals surface area contributed by atoms with Gasteiger partial charge < -0.3 is 10.1 Å². The van der Waals surface area contributed by atoms with Gasteiger partial charge in [-0.05, 0) is 38.5 Å². The average molecular weight is 381 g/mol. The van der Waals surface area contributed by atoms with Crippen LogP contribution in [0.5, 0.6) is 0 Å². The second kappa shape index (κ2) is 6.28. The van der Waals surface area contributed by atoms with Crippen LogP contribution in [0.4, 0.5) is 13.2 Å². The van der Waals surface area contributed by atoms with Crippen LogP contribution < -0.4 is 5.32 Å². The van der Waals surface area contributed by atoms with Crippen LogP contribution in [0.3, 0.4) is 0 Å². The molecule has 8 heteroatoms. The van der Waals surface area contributed by atoms with E-state index in [0.29, 0.717) is 11.1 Å². The van der Waals surface area contributed by atoms with Gasteiger partial charge in [0.15, 0.2) is 0 Å². The highest BCUT2D eigenvalue weighted by molar-refractivity contribution is 7.80. The fourth-order valence-electron chi connectivity index (χ4n) is 3.10. The summed E-state index contributed by atoms with van der Waals surface area (Å²) in [5.41, 5.74) is -3.04. The Kier molecular flexibility index (Phi) is 4.52. The van der Waals surface area contributed by atoms with Crippen molar-refractivity contribution < 1.29 is 17.9 Å². The summed E-state index contributed by atoms with van der Waals surface area (Å²) >= 11 is 5.10. The van der Waals surface area contributed by atoms with Crippen LogP contribution in [-0.2, 0) is 10.3 Å². The number of nitrogens with one attached hydrogen (secondary N) is 1. The maximum absolute atomic E-state index is 15.4. The molecule has 0 aliphatic carbocycles. The van der Waals surface area contributed by atoms with Gasteiger partial charge in [0.25, 0.3) is 0 Å². The minimum absolute atomic E-state index is 0.0885. The Bertz CT molecular complexity index is 845. The van der Waals surface area contributed by atoms with Gasteiger partial charge in [-0.3, -0.25) is 0 Å². The standard InChI is InChI=1S/C18H18F3N3OS/c1-16(2)18(20,21)17(3,24-15(26)9-25-16)13-6-11(4-5-14(13)19)12-7-22-10-23-8-12/h4-8,10H,9H2,1-3H3,(H,24,26). The summed E-state index contributed by atoms with van der Waals surface area (Å²) in [4.78, 5) is 7.91. The third kappa shape index (κ3) is 2.87. The highest BCUT2D eigenvalue weighted by Crippen LogP contribution is 2.48. The lowest BCUT2D eigenvalue weighted by atomic mass is 9.77. The summed E-state index contributed by atoms with van der Waals surface area (Å²) in [7, 11) is 0. The van der Waals surface area contributed by atoms with Crippen molar-refractivity contribution in [2.45, 2.75) is 37.8 Å². The van der Waals surface area contributed by atoms with Gasteiger partial charge in [-0.25, -0.2) is 23.1 Å². The van der Waals surface area contributed by atoms with Gasteiger partial charge in [-0.1, -0.05) is 18.3 Å². The highest BCUT2D eigenvalue weighted by Gasteiger charge is 2.64. The molecule has 2 heterocycles. The molecule has 0 saturated carbocycles. The predicted octanol–water partition coefficient (Wildman–Crippen LogP) is 3.86. The quantitative estimate of drug-likeness (QED) is 0.801. The second-order valence-corrected chi connectivity index (χ2v) is 7.36. The molecule has 138 valence electrons. The molecule has 1 unspecified atom stereocenters. The van der Waals surface area contributed by atoms with Crippen molar-refractivity contribution in [2.75, 3.05) is 6.61 Å². The molecular weight excluding hydrogens is 363 g/mol. The smallest absolute Gasteiger partial charge is 0.302 e. The predicted molar refractivity (Wildman–Crippen MR) is 95.5 cm³/mol. The zero-order chi connectivity index (χ0) is 19.2. The van der Waals surface area contributed by atoms with Crippen LogP contribution in [0.25, 0.3) is 11.1 Å². The lowest BCUT2D eigenvalue weighted by Crippen LogP contribution is -2.62. The van der Waals surface area contributed by atoms with Crippen molar-refractivity contribution in [3.8, 4) is 11.1 Å². The van der Waals surface area contributed by atoms with Crippen LogP contribution in [0.15, 0.2) is 36.9 Å². The van der Waals surface area contributed by atoms with Gasteiger partial charge in [-0.2, -0.15) is 0 Å². The fourth-order valence-corrected chi connectivity index (χ4v) is 3.37. The van der Waals surface area contributed by atoms with Gasteiger partial charge >= 0.3 is 5.92 Å². The normalized spacial score (nSPS) is 24.6. The number of hydrogen-bond acceptors (Lipinski definition) is 4. The van der Waals surface area contributed by atoms with E-state index in [-0.39, 0.29) is 17.2 Å². The van der Waals surface area contributed by atoms with E-state index in [0.717, 1.165) is 6.07 Å². The molecule has 1 aromatic carbocycles. The number of alkyl halides is 2. The fraction of sp³-hybridized carbons (Fsp3) is 0.389. The number of aromatic nitrogens is 2. The number of nitrogens with zero attached hydrogens (tertiary/aromatic N) is 2. The maximum atomic E-state index is 15.4. The number of rotatable bonds is 2. The number of thiocarbonyl (C=S) groups is 1. The van der Waals surface area contributed by atoms with Crippen LogP contribution in [0.1, 0.15) is 26.3 Å². The van der Waals surface area contributed by atoms with E-state index in [1.54, 1.807) is 0 Å². The molecule has 26 heavy (non-hydrogen) atoms. The molecule has 0 bridgehead atoms. The lowest BCUT2D eigenvalue weighted by Gasteiger charge is -2.44. The molecule has 2 aromatic rings. The van der Waals surface area contributed by atoms with Crippen LogP contribution in [0.2, 0.25) is 0 Å². The topological polar surface area (TPSA) is 47.0 Å². The largest absolute Gasteiger partial charge is 0.363 e. The van der Waals surface area contributed by atoms with E-state index in [4.69, 9.17) is 17.0 Å². The molecule has 0 spiro atoms. The SMILES string of the molecule is CC1(C)OCC(=S)NC(C)(c2cc(-c3cncnc3)ccc2F)C1(F)F. The van der Waals surface area contributed by atoms with Crippen molar-refractivity contribution in [3.63, 3.8) is 0 Å². The molecule has 1 saturated heterocycles.